The molecule has 0 aliphatic carbocycles. The quantitative estimate of drug-likeness (QED) is 0.799. The predicted molar refractivity (Wildman–Crippen MR) is 61.1 cm³/mol. The van der Waals surface area contributed by atoms with Crippen LogP contribution >= 0.6 is 0 Å². The van der Waals surface area contributed by atoms with E-state index < -0.39 is 15.5 Å². The van der Waals surface area contributed by atoms with E-state index in [1.165, 1.54) is 23.3 Å². The monoisotopic (exact) mass is 254 g/mol. The third kappa shape index (κ3) is 2.36. The minimum absolute atomic E-state index is 0.302. The Hall–Kier alpha value is -2.09. The second-order valence-electron chi connectivity index (χ2n) is 3.38. The molecule has 2 rings (SSSR count). The Bertz CT molecular complexity index is 686. The summed E-state index contributed by atoms with van der Waals surface area (Å²) < 4.78 is 27.4. The van der Waals surface area contributed by atoms with Gasteiger partial charge in [0.1, 0.15) is 0 Å². The fourth-order valence-electron chi connectivity index (χ4n) is 1.29. The van der Waals surface area contributed by atoms with E-state index in [1.807, 2.05) is 0 Å². The lowest BCUT2D eigenvalue weighted by Crippen LogP contribution is -2.20. The summed E-state index contributed by atoms with van der Waals surface area (Å²) in [7, 11) is -2.22. The molecule has 0 spiro atoms. The molecule has 0 aromatic carbocycles. The minimum atomic E-state index is -3.88. The maximum atomic E-state index is 11.9. The van der Waals surface area contributed by atoms with E-state index in [0.717, 1.165) is 12.3 Å². The van der Waals surface area contributed by atoms with Gasteiger partial charge in [-0.3, -0.25) is 14.2 Å². The highest BCUT2D eigenvalue weighted by Crippen LogP contribution is 2.10. The summed E-state index contributed by atoms with van der Waals surface area (Å²) in [5.74, 6) is 0. The van der Waals surface area contributed by atoms with E-state index in [1.54, 1.807) is 7.05 Å². The van der Waals surface area contributed by atoms with E-state index >= 15 is 0 Å². The van der Waals surface area contributed by atoms with E-state index in [-0.39, 0.29) is 4.90 Å². The number of nitrogens with zero attached hydrogens (tertiary/aromatic N) is 2. The molecule has 17 heavy (non-hydrogen) atoms. The molecule has 0 aliphatic heterocycles. The average Bonchev–Trinajstić information content (AvgIpc) is 2.63. The molecule has 0 fully saturated rings. The molecule has 8 heteroatoms. The van der Waals surface area contributed by atoms with Crippen LogP contribution in [0.25, 0.3) is 0 Å². The van der Waals surface area contributed by atoms with Gasteiger partial charge in [0, 0.05) is 31.7 Å². The summed E-state index contributed by atoms with van der Waals surface area (Å²) in [4.78, 5) is 13.6. The molecule has 2 aromatic heterocycles. The van der Waals surface area contributed by atoms with Crippen molar-refractivity contribution >= 4 is 15.7 Å². The fraction of sp³-hybridized carbons (Fsp3) is 0.111. The van der Waals surface area contributed by atoms with Gasteiger partial charge in [-0.05, 0) is 0 Å². The predicted octanol–water partition coefficient (Wildman–Crippen LogP) is -0.0908. The molecule has 0 atom stereocenters. The zero-order valence-electron chi connectivity index (χ0n) is 8.91. The van der Waals surface area contributed by atoms with Crippen molar-refractivity contribution in [2.75, 3.05) is 4.72 Å². The molecule has 7 nitrogen and oxygen atoms in total. The largest absolute Gasteiger partial charge is 0.366 e. The van der Waals surface area contributed by atoms with Crippen molar-refractivity contribution in [2.24, 2.45) is 7.05 Å². The standard InChI is InChI=1S/C9H10N4O3S/c1-13-6-7(4-11-13)12-17(15,16)9-5-10-3-2-8(9)14/h2-6,12H,1H3,(H,10,14). The number of anilines is 1. The van der Waals surface area contributed by atoms with Gasteiger partial charge in [-0.2, -0.15) is 5.10 Å². The molecule has 0 saturated carbocycles. The molecule has 2 heterocycles. The number of nitrogens with one attached hydrogen (secondary N) is 2. The summed E-state index contributed by atoms with van der Waals surface area (Å²) in [6.45, 7) is 0. The number of H-pyrrole nitrogens is 1. The molecule has 2 aromatic rings. The second kappa shape index (κ2) is 4.06. The second-order valence-corrected chi connectivity index (χ2v) is 5.03. The van der Waals surface area contributed by atoms with E-state index in [4.69, 9.17) is 0 Å². The van der Waals surface area contributed by atoms with Crippen molar-refractivity contribution in [1.82, 2.24) is 14.8 Å². The highest BCUT2D eigenvalue weighted by atomic mass is 32.2. The lowest BCUT2D eigenvalue weighted by atomic mass is 10.5. The van der Waals surface area contributed by atoms with Gasteiger partial charge in [0.2, 0.25) is 5.43 Å². The van der Waals surface area contributed by atoms with Crippen LogP contribution < -0.4 is 10.2 Å². The van der Waals surface area contributed by atoms with Crippen molar-refractivity contribution in [3.8, 4) is 0 Å². The first-order chi connectivity index (χ1) is 7.99. The number of pyridine rings is 1. The molecule has 0 unspecified atom stereocenters. The Labute approximate surface area is 97.2 Å². The Balaban J connectivity index is 2.38. The molecular formula is C9H10N4O3S. The summed E-state index contributed by atoms with van der Waals surface area (Å²) in [5, 5.41) is 3.82. The van der Waals surface area contributed by atoms with Crippen LogP contribution in [0.3, 0.4) is 0 Å². The molecule has 0 amide bonds. The average molecular weight is 254 g/mol. The Morgan fingerprint density at radius 1 is 1.47 bits per heavy atom. The molecule has 90 valence electrons. The van der Waals surface area contributed by atoms with Crippen LogP contribution in [-0.2, 0) is 17.1 Å². The van der Waals surface area contributed by atoms with Crippen LogP contribution in [0.2, 0.25) is 0 Å². The number of rotatable bonds is 3. The van der Waals surface area contributed by atoms with Crippen LogP contribution in [0, 0.1) is 0 Å². The van der Waals surface area contributed by atoms with Crippen LogP contribution in [0.4, 0.5) is 5.69 Å². The summed E-state index contributed by atoms with van der Waals surface area (Å²) in [6.07, 6.45) is 5.36. The summed E-state index contributed by atoms with van der Waals surface area (Å²) >= 11 is 0. The number of sulfonamides is 1. The van der Waals surface area contributed by atoms with Gasteiger partial charge >= 0.3 is 0 Å². The van der Waals surface area contributed by atoms with Gasteiger partial charge in [0.25, 0.3) is 10.0 Å². The Kier molecular flexibility index (Phi) is 2.72. The molecule has 0 saturated heterocycles. The molecule has 0 radical (unpaired) electrons. The third-order valence-electron chi connectivity index (χ3n) is 2.03. The SMILES string of the molecule is Cn1cc(NS(=O)(=O)c2c[nH]ccc2=O)cn1. The lowest BCUT2D eigenvalue weighted by Gasteiger charge is -2.03. The van der Waals surface area contributed by atoms with E-state index in [9.17, 15) is 13.2 Å². The van der Waals surface area contributed by atoms with Crippen molar-refractivity contribution in [2.45, 2.75) is 4.90 Å². The van der Waals surface area contributed by atoms with Gasteiger partial charge in [-0.25, -0.2) is 8.42 Å². The maximum Gasteiger partial charge on any atom is 0.267 e. The first-order valence-electron chi connectivity index (χ1n) is 4.67. The van der Waals surface area contributed by atoms with Crippen LogP contribution in [0.1, 0.15) is 0 Å². The zero-order chi connectivity index (χ0) is 12.5. The van der Waals surface area contributed by atoms with Gasteiger partial charge in [0.15, 0.2) is 4.90 Å². The smallest absolute Gasteiger partial charge is 0.267 e. The van der Waals surface area contributed by atoms with E-state index in [2.05, 4.69) is 14.8 Å². The van der Waals surface area contributed by atoms with Gasteiger partial charge < -0.3 is 4.98 Å². The van der Waals surface area contributed by atoms with Crippen LogP contribution in [0.5, 0.6) is 0 Å². The molecular weight excluding hydrogens is 244 g/mol. The van der Waals surface area contributed by atoms with Crippen molar-refractivity contribution in [3.63, 3.8) is 0 Å². The molecule has 0 bridgehead atoms. The van der Waals surface area contributed by atoms with Crippen molar-refractivity contribution in [3.05, 3.63) is 41.1 Å². The fourth-order valence-corrected chi connectivity index (χ4v) is 2.38. The number of aryl methyl sites for hydroxylation is 1. The number of hydrogen-bond acceptors (Lipinski definition) is 4. The van der Waals surface area contributed by atoms with E-state index in [0.29, 0.717) is 5.69 Å². The van der Waals surface area contributed by atoms with Gasteiger partial charge in [-0.1, -0.05) is 0 Å². The first kappa shape index (κ1) is 11.4. The van der Waals surface area contributed by atoms with Crippen LogP contribution in [0.15, 0.2) is 40.5 Å². The van der Waals surface area contributed by atoms with Gasteiger partial charge in [-0.15, -0.1) is 0 Å². The summed E-state index contributed by atoms with van der Waals surface area (Å²) in [5.41, 5.74) is -0.268. The number of aromatic amines is 1. The topological polar surface area (TPSA) is 96.9 Å². The molecule has 0 aliphatic rings. The first-order valence-corrected chi connectivity index (χ1v) is 6.16. The minimum Gasteiger partial charge on any atom is -0.366 e. The number of aromatic nitrogens is 3. The normalized spacial score (nSPS) is 11.4. The maximum absolute atomic E-state index is 11.9. The zero-order valence-corrected chi connectivity index (χ0v) is 9.73. The lowest BCUT2D eigenvalue weighted by molar-refractivity contribution is 0.600. The Morgan fingerprint density at radius 2 is 2.24 bits per heavy atom. The highest BCUT2D eigenvalue weighted by Gasteiger charge is 2.18. The van der Waals surface area contributed by atoms with Gasteiger partial charge in [0.05, 0.1) is 11.9 Å². The third-order valence-corrected chi connectivity index (χ3v) is 3.44. The van der Waals surface area contributed by atoms with Crippen LogP contribution in [-0.4, -0.2) is 23.2 Å². The summed E-state index contributed by atoms with van der Waals surface area (Å²) in [6, 6.07) is 1.15. The molecule has 2 N–H and O–H groups in total. The Morgan fingerprint density at radius 3 is 2.82 bits per heavy atom. The van der Waals surface area contributed by atoms with Crippen molar-refractivity contribution < 1.29 is 8.42 Å². The number of hydrogen-bond donors (Lipinski definition) is 2. The van der Waals surface area contributed by atoms with Crippen molar-refractivity contribution in [1.29, 1.82) is 0 Å². The highest BCUT2D eigenvalue weighted by molar-refractivity contribution is 7.92.